The van der Waals surface area contributed by atoms with Crippen molar-refractivity contribution >= 4 is 46.7 Å². The molecule has 0 atom stereocenters. The minimum Gasteiger partial charge on any atom is -0.495 e. The first-order valence-corrected chi connectivity index (χ1v) is 10.3. The van der Waals surface area contributed by atoms with Gasteiger partial charge < -0.3 is 15.4 Å². The molecular formula is C19H21ClN4O3S. The number of nitrogens with zero attached hydrogens (tertiary/aromatic N) is 2. The van der Waals surface area contributed by atoms with Gasteiger partial charge in [-0.2, -0.15) is 0 Å². The van der Waals surface area contributed by atoms with Gasteiger partial charge in [-0.3, -0.25) is 9.59 Å². The van der Waals surface area contributed by atoms with Crippen LogP contribution in [0.5, 0.6) is 5.75 Å². The van der Waals surface area contributed by atoms with Crippen LogP contribution in [0.2, 0.25) is 5.02 Å². The number of halogens is 1. The van der Waals surface area contributed by atoms with Gasteiger partial charge in [0, 0.05) is 23.1 Å². The number of nitrogens with one attached hydrogen (secondary N) is 2. The van der Waals surface area contributed by atoms with Gasteiger partial charge in [0.15, 0.2) is 5.82 Å². The maximum atomic E-state index is 12.1. The average Bonchev–Trinajstić information content (AvgIpc) is 3.52. The van der Waals surface area contributed by atoms with E-state index in [-0.39, 0.29) is 17.7 Å². The van der Waals surface area contributed by atoms with Gasteiger partial charge in [-0.25, -0.2) is 0 Å². The minimum atomic E-state index is -0.106. The number of hydrogen-bond donors (Lipinski definition) is 2. The third kappa shape index (κ3) is 6.10. The van der Waals surface area contributed by atoms with Crippen molar-refractivity contribution < 1.29 is 14.3 Å². The number of anilines is 2. The number of carbonyl (C=O) groups excluding carboxylic acids is 2. The summed E-state index contributed by atoms with van der Waals surface area (Å²) in [4.78, 5) is 23.8. The van der Waals surface area contributed by atoms with E-state index in [2.05, 4.69) is 20.8 Å². The molecule has 148 valence electrons. The van der Waals surface area contributed by atoms with Crippen LogP contribution in [0, 0.1) is 5.92 Å². The van der Waals surface area contributed by atoms with Gasteiger partial charge in [-0.15, -0.1) is 22.0 Å². The molecule has 0 radical (unpaired) electrons. The summed E-state index contributed by atoms with van der Waals surface area (Å²) in [6.07, 6.45) is 2.95. The quantitative estimate of drug-likeness (QED) is 0.470. The van der Waals surface area contributed by atoms with Gasteiger partial charge in [0.1, 0.15) is 10.8 Å². The molecule has 0 aliphatic heterocycles. The Kier molecular flexibility index (Phi) is 7.11. The van der Waals surface area contributed by atoms with Gasteiger partial charge in [0.05, 0.1) is 12.8 Å². The van der Waals surface area contributed by atoms with Crippen LogP contribution >= 0.6 is 23.4 Å². The summed E-state index contributed by atoms with van der Waals surface area (Å²) >= 11 is 7.48. The van der Waals surface area contributed by atoms with Crippen molar-refractivity contribution in [3.63, 3.8) is 0 Å². The number of carbonyl (C=O) groups is 2. The van der Waals surface area contributed by atoms with Gasteiger partial charge in [-0.05, 0) is 49.6 Å². The second kappa shape index (κ2) is 9.75. The molecule has 3 rings (SSSR count). The summed E-state index contributed by atoms with van der Waals surface area (Å²) < 4.78 is 5.22. The molecule has 2 N–H and O–H groups in total. The summed E-state index contributed by atoms with van der Waals surface area (Å²) in [6, 6.07) is 8.64. The zero-order valence-corrected chi connectivity index (χ0v) is 17.0. The molecule has 1 saturated carbocycles. The van der Waals surface area contributed by atoms with E-state index in [0.29, 0.717) is 35.1 Å². The fraction of sp³-hybridized carbons (Fsp3) is 0.368. The lowest BCUT2D eigenvalue weighted by atomic mass is 10.2. The molecule has 0 spiro atoms. The lowest BCUT2D eigenvalue weighted by Crippen LogP contribution is -2.14. The predicted molar refractivity (Wildman–Crippen MR) is 110 cm³/mol. The number of benzene rings is 1. The fourth-order valence-electron chi connectivity index (χ4n) is 2.44. The lowest BCUT2D eigenvalue weighted by Gasteiger charge is -2.10. The second-order valence-corrected chi connectivity index (χ2v) is 7.92. The van der Waals surface area contributed by atoms with Crippen LogP contribution in [0.15, 0.2) is 35.4 Å². The number of aromatic nitrogens is 2. The van der Waals surface area contributed by atoms with E-state index in [1.807, 2.05) is 6.07 Å². The molecule has 1 fully saturated rings. The van der Waals surface area contributed by atoms with Crippen molar-refractivity contribution in [3.05, 3.63) is 35.4 Å². The summed E-state index contributed by atoms with van der Waals surface area (Å²) in [7, 11) is 1.54. The molecule has 1 aliphatic rings. The molecule has 7 nitrogen and oxygen atoms in total. The molecule has 1 aromatic heterocycles. The number of methoxy groups -OCH3 is 1. The van der Waals surface area contributed by atoms with E-state index in [1.165, 1.54) is 11.8 Å². The van der Waals surface area contributed by atoms with Crippen LogP contribution < -0.4 is 15.4 Å². The smallest absolute Gasteiger partial charge is 0.228 e. The third-order valence-corrected chi connectivity index (χ3v) is 5.31. The van der Waals surface area contributed by atoms with Crippen LogP contribution in [0.1, 0.15) is 25.7 Å². The molecule has 1 heterocycles. The molecule has 0 unspecified atom stereocenters. The summed E-state index contributed by atoms with van der Waals surface area (Å²) in [5.41, 5.74) is 0.558. The molecule has 2 amide bonds. The van der Waals surface area contributed by atoms with Crippen molar-refractivity contribution in [1.82, 2.24) is 10.2 Å². The van der Waals surface area contributed by atoms with Gasteiger partial charge in [-0.1, -0.05) is 11.6 Å². The Morgan fingerprint density at radius 1 is 1.21 bits per heavy atom. The molecular weight excluding hydrogens is 400 g/mol. The fourth-order valence-corrected chi connectivity index (χ4v) is 3.37. The molecule has 1 aliphatic carbocycles. The highest BCUT2D eigenvalue weighted by atomic mass is 35.5. The van der Waals surface area contributed by atoms with Crippen molar-refractivity contribution in [2.75, 3.05) is 23.5 Å². The molecule has 9 heteroatoms. The van der Waals surface area contributed by atoms with Crippen LogP contribution in [0.3, 0.4) is 0 Å². The van der Waals surface area contributed by atoms with E-state index in [0.717, 1.165) is 23.6 Å². The van der Waals surface area contributed by atoms with Gasteiger partial charge in [0.2, 0.25) is 11.8 Å². The van der Waals surface area contributed by atoms with E-state index in [1.54, 1.807) is 31.4 Å². The molecule has 1 aromatic carbocycles. The van der Waals surface area contributed by atoms with Crippen molar-refractivity contribution in [2.45, 2.75) is 30.7 Å². The zero-order valence-electron chi connectivity index (χ0n) is 15.4. The number of thioether (sulfide) groups is 1. The second-order valence-electron chi connectivity index (χ2n) is 6.37. The Labute approximate surface area is 172 Å². The lowest BCUT2D eigenvalue weighted by molar-refractivity contribution is -0.117. The maximum Gasteiger partial charge on any atom is 0.228 e. The Hall–Kier alpha value is -2.32. The Balaban J connectivity index is 1.38. The molecule has 0 saturated heterocycles. The summed E-state index contributed by atoms with van der Waals surface area (Å²) in [6.45, 7) is 0. The summed E-state index contributed by atoms with van der Waals surface area (Å²) in [5, 5.41) is 15.0. The minimum absolute atomic E-state index is 0.0112. The van der Waals surface area contributed by atoms with Crippen molar-refractivity contribution in [3.8, 4) is 5.75 Å². The first kappa shape index (κ1) is 20.4. The highest BCUT2D eigenvalue weighted by Gasteiger charge is 2.29. The van der Waals surface area contributed by atoms with Gasteiger partial charge >= 0.3 is 0 Å². The highest BCUT2D eigenvalue weighted by molar-refractivity contribution is 7.99. The number of hydrogen-bond acceptors (Lipinski definition) is 6. The van der Waals surface area contributed by atoms with Crippen LogP contribution in [0.25, 0.3) is 0 Å². The zero-order chi connectivity index (χ0) is 19.9. The SMILES string of the molecule is COc1ccc(Cl)cc1NC(=O)CCCSc1ccc(NC(=O)C2CC2)nn1. The van der Waals surface area contributed by atoms with E-state index in [9.17, 15) is 9.59 Å². The highest BCUT2D eigenvalue weighted by Crippen LogP contribution is 2.30. The Bertz CT molecular complexity index is 844. The number of amides is 2. The molecule has 0 bridgehead atoms. The third-order valence-electron chi connectivity index (χ3n) is 4.07. The first-order chi connectivity index (χ1) is 13.5. The molecule has 28 heavy (non-hydrogen) atoms. The largest absolute Gasteiger partial charge is 0.495 e. The van der Waals surface area contributed by atoms with Crippen LogP contribution in [-0.2, 0) is 9.59 Å². The normalized spacial score (nSPS) is 13.1. The summed E-state index contributed by atoms with van der Waals surface area (Å²) in [5.74, 6) is 1.80. The standard InChI is InChI=1S/C19H21ClN4O3S/c1-27-15-7-6-13(20)11-14(15)21-17(25)3-2-10-28-18-9-8-16(23-24-18)22-19(26)12-4-5-12/h6-9,11-12H,2-5,10H2,1H3,(H,21,25)(H,22,23,26). The first-order valence-electron chi connectivity index (χ1n) is 8.96. The van der Waals surface area contributed by atoms with Gasteiger partial charge in [0.25, 0.3) is 0 Å². The Morgan fingerprint density at radius 3 is 2.71 bits per heavy atom. The number of ether oxygens (including phenoxy) is 1. The van der Waals surface area contributed by atoms with Crippen LogP contribution in [-0.4, -0.2) is 34.9 Å². The van der Waals surface area contributed by atoms with Crippen LogP contribution in [0.4, 0.5) is 11.5 Å². The Morgan fingerprint density at radius 2 is 2.04 bits per heavy atom. The topological polar surface area (TPSA) is 93.2 Å². The average molecular weight is 421 g/mol. The number of rotatable bonds is 9. The van der Waals surface area contributed by atoms with E-state index < -0.39 is 0 Å². The molecule has 2 aromatic rings. The van der Waals surface area contributed by atoms with Crippen molar-refractivity contribution in [2.24, 2.45) is 5.92 Å². The predicted octanol–water partition coefficient (Wildman–Crippen LogP) is 4.00. The van der Waals surface area contributed by atoms with E-state index >= 15 is 0 Å². The van der Waals surface area contributed by atoms with E-state index in [4.69, 9.17) is 16.3 Å². The maximum absolute atomic E-state index is 12.1. The van der Waals surface area contributed by atoms with Crippen molar-refractivity contribution in [1.29, 1.82) is 0 Å². The monoisotopic (exact) mass is 420 g/mol.